The predicted molar refractivity (Wildman–Crippen MR) is 99.7 cm³/mol. The summed E-state index contributed by atoms with van der Waals surface area (Å²) in [5.41, 5.74) is 7.43. The fourth-order valence-electron chi connectivity index (χ4n) is 4.01. The van der Waals surface area contributed by atoms with E-state index in [4.69, 9.17) is 4.74 Å². The molecule has 2 heterocycles. The van der Waals surface area contributed by atoms with Crippen LogP contribution in [0.1, 0.15) is 27.2 Å². The second kappa shape index (κ2) is 7.22. The van der Waals surface area contributed by atoms with E-state index in [0.29, 0.717) is 0 Å². The van der Waals surface area contributed by atoms with Gasteiger partial charge in [0.1, 0.15) is 5.75 Å². The highest BCUT2D eigenvalue weighted by atomic mass is 16.5. The molecule has 0 saturated carbocycles. The number of nitrogens with zero attached hydrogens (tertiary/aromatic N) is 2. The van der Waals surface area contributed by atoms with Crippen LogP contribution in [0, 0.1) is 5.92 Å². The average molecular weight is 346 g/mol. The second-order valence-corrected chi connectivity index (χ2v) is 7.57. The van der Waals surface area contributed by atoms with E-state index in [1.165, 1.54) is 5.69 Å². The van der Waals surface area contributed by atoms with E-state index >= 15 is 0 Å². The monoisotopic (exact) mass is 346 g/mol. The zero-order chi connectivity index (χ0) is 18.0. The number of carbonyl (C=O) groups is 1. The number of piperazine rings is 1. The Morgan fingerprint density at radius 2 is 2.00 bits per heavy atom. The second-order valence-electron chi connectivity index (χ2n) is 7.57. The lowest BCUT2D eigenvalue weighted by Gasteiger charge is -2.49. The van der Waals surface area contributed by atoms with E-state index in [1.54, 1.807) is 7.11 Å². The molecule has 1 amide bonds. The number of hydrogen-bond acceptors (Lipinski definition) is 5. The van der Waals surface area contributed by atoms with Crippen LogP contribution in [0.15, 0.2) is 24.3 Å². The molecule has 2 unspecified atom stereocenters. The number of methoxy groups -OCH3 is 1. The molecular formula is C19H30N4O2. The minimum atomic E-state index is -0.107. The van der Waals surface area contributed by atoms with Crippen molar-refractivity contribution < 1.29 is 9.53 Å². The lowest BCUT2D eigenvalue weighted by Crippen LogP contribution is -2.62. The Balaban J connectivity index is 1.70. The van der Waals surface area contributed by atoms with E-state index < -0.39 is 0 Å². The third-order valence-electron chi connectivity index (χ3n) is 5.45. The molecule has 3 rings (SSSR count). The fourth-order valence-corrected chi connectivity index (χ4v) is 4.01. The highest BCUT2D eigenvalue weighted by Gasteiger charge is 2.40. The molecule has 0 radical (unpaired) electrons. The van der Waals surface area contributed by atoms with Gasteiger partial charge in [-0.1, -0.05) is 6.92 Å². The Morgan fingerprint density at radius 3 is 2.60 bits per heavy atom. The molecule has 6 heteroatoms. The standard InChI is InChI=1S/C19H30N4O2/c1-5-17-16(12-20-21-17)18(24)22-10-11-23(19(2,3)13-22)14-6-8-15(25-4)9-7-14/h6-9,16-17,20-21H,5,10-13H2,1-4H3. The van der Waals surface area contributed by atoms with E-state index in [0.717, 1.165) is 38.3 Å². The van der Waals surface area contributed by atoms with Crippen molar-refractivity contribution in [3.63, 3.8) is 0 Å². The zero-order valence-corrected chi connectivity index (χ0v) is 15.7. The lowest BCUT2D eigenvalue weighted by molar-refractivity contribution is -0.137. The van der Waals surface area contributed by atoms with Gasteiger partial charge in [-0.05, 0) is 44.5 Å². The van der Waals surface area contributed by atoms with Gasteiger partial charge in [0, 0.05) is 37.9 Å². The molecular weight excluding hydrogens is 316 g/mol. The van der Waals surface area contributed by atoms with Gasteiger partial charge < -0.3 is 14.5 Å². The highest BCUT2D eigenvalue weighted by molar-refractivity contribution is 5.80. The molecule has 1 aromatic carbocycles. The Labute approximate surface area is 150 Å². The molecule has 6 nitrogen and oxygen atoms in total. The molecule has 2 aliphatic heterocycles. The number of hydrogen-bond donors (Lipinski definition) is 2. The predicted octanol–water partition coefficient (Wildman–Crippen LogP) is 1.63. The highest BCUT2D eigenvalue weighted by Crippen LogP contribution is 2.30. The van der Waals surface area contributed by atoms with Gasteiger partial charge in [-0.2, -0.15) is 0 Å². The first kappa shape index (κ1) is 18.0. The third kappa shape index (κ3) is 3.60. The summed E-state index contributed by atoms with van der Waals surface area (Å²) in [6.45, 7) is 9.60. The van der Waals surface area contributed by atoms with Gasteiger partial charge in [0.25, 0.3) is 0 Å². The molecule has 2 N–H and O–H groups in total. The Bertz CT molecular complexity index is 602. The first-order valence-electron chi connectivity index (χ1n) is 9.15. The van der Waals surface area contributed by atoms with Crippen molar-refractivity contribution in [1.82, 2.24) is 15.8 Å². The van der Waals surface area contributed by atoms with Crippen LogP contribution in [-0.2, 0) is 4.79 Å². The molecule has 25 heavy (non-hydrogen) atoms. The van der Waals surface area contributed by atoms with Crippen molar-refractivity contribution >= 4 is 11.6 Å². The smallest absolute Gasteiger partial charge is 0.228 e. The number of amides is 1. The van der Waals surface area contributed by atoms with Gasteiger partial charge in [0.05, 0.1) is 18.6 Å². The molecule has 0 bridgehead atoms. The molecule has 2 aliphatic rings. The van der Waals surface area contributed by atoms with E-state index in [2.05, 4.69) is 48.7 Å². The molecule has 2 fully saturated rings. The van der Waals surface area contributed by atoms with Crippen LogP contribution >= 0.6 is 0 Å². The Morgan fingerprint density at radius 1 is 1.28 bits per heavy atom. The van der Waals surface area contributed by atoms with E-state index in [1.807, 2.05) is 17.0 Å². The summed E-state index contributed by atoms with van der Waals surface area (Å²) in [4.78, 5) is 17.4. The van der Waals surface area contributed by atoms with Crippen LogP contribution in [0.25, 0.3) is 0 Å². The Kier molecular flexibility index (Phi) is 5.20. The molecule has 0 aromatic heterocycles. The van der Waals surface area contributed by atoms with Crippen molar-refractivity contribution in [2.75, 3.05) is 38.2 Å². The number of ether oxygens (including phenoxy) is 1. The van der Waals surface area contributed by atoms with Crippen LogP contribution in [0.5, 0.6) is 5.75 Å². The maximum atomic E-state index is 13.0. The van der Waals surface area contributed by atoms with E-state index in [-0.39, 0.29) is 23.4 Å². The van der Waals surface area contributed by atoms with Crippen LogP contribution in [0.3, 0.4) is 0 Å². The van der Waals surface area contributed by atoms with Crippen molar-refractivity contribution in [3.05, 3.63) is 24.3 Å². The largest absolute Gasteiger partial charge is 0.497 e. The zero-order valence-electron chi connectivity index (χ0n) is 15.7. The number of anilines is 1. The van der Waals surface area contributed by atoms with Gasteiger partial charge in [0.2, 0.25) is 5.91 Å². The number of nitrogens with one attached hydrogen (secondary N) is 2. The number of benzene rings is 1. The summed E-state index contributed by atoms with van der Waals surface area (Å²) in [5, 5.41) is 0. The summed E-state index contributed by atoms with van der Waals surface area (Å²) in [6.07, 6.45) is 0.957. The van der Waals surface area contributed by atoms with Crippen molar-refractivity contribution in [2.24, 2.45) is 5.92 Å². The number of carbonyl (C=O) groups excluding carboxylic acids is 1. The number of hydrazine groups is 1. The van der Waals surface area contributed by atoms with Crippen LogP contribution in [-0.4, -0.2) is 55.7 Å². The quantitative estimate of drug-likeness (QED) is 0.868. The molecule has 138 valence electrons. The van der Waals surface area contributed by atoms with Gasteiger partial charge in [-0.25, -0.2) is 0 Å². The molecule has 2 atom stereocenters. The van der Waals surface area contributed by atoms with E-state index in [9.17, 15) is 4.79 Å². The van der Waals surface area contributed by atoms with Crippen molar-refractivity contribution in [2.45, 2.75) is 38.8 Å². The summed E-state index contributed by atoms with van der Waals surface area (Å²) in [7, 11) is 1.68. The topological polar surface area (TPSA) is 56.8 Å². The average Bonchev–Trinajstić information content (AvgIpc) is 3.09. The molecule has 2 saturated heterocycles. The van der Waals surface area contributed by atoms with Crippen molar-refractivity contribution in [3.8, 4) is 5.75 Å². The third-order valence-corrected chi connectivity index (χ3v) is 5.45. The van der Waals surface area contributed by atoms with Gasteiger partial charge in [-0.15, -0.1) is 0 Å². The maximum absolute atomic E-state index is 13.0. The number of rotatable bonds is 4. The lowest BCUT2D eigenvalue weighted by atomic mass is 9.93. The van der Waals surface area contributed by atoms with Gasteiger partial charge in [-0.3, -0.25) is 15.6 Å². The summed E-state index contributed by atoms with van der Waals surface area (Å²) < 4.78 is 5.25. The van der Waals surface area contributed by atoms with Gasteiger partial charge >= 0.3 is 0 Å². The SMILES string of the molecule is CCC1NNCC1C(=O)N1CCN(c2ccc(OC)cc2)C(C)(C)C1. The first-order valence-corrected chi connectivity index (χ1v) is 9.15. The maximum Gasteiger partial charge on any atom is 0.228 e. The minimum Gasteiger partial charge on any atom is -0.497 e. The summed E-state index contributed by atoms with van der Waals surface area (Å²) in [6, 6.07) is 8.40. The summed E-state index contributed by atoms with van der Waals surface area (Å²) >= 11 is 0. The first-order chi connectivity index (χ1) is 12.0. The molecule has 0 spiro atoms. The normalized spacial score (nSPS) is 25.9. The molecule has 0 aliphatic carbocycles. The summed E-state index contributed by atoms with van der Waals surface area (Å²) in [5.74, 6) is 1.17. The molecule has 1 aromatic rings. The Hall–Kier alpha value is -1.79. The minimum absolute atomic E-state index is 0.0355. The van der Waals surface area contributed by atoms with Crippen LogP contribution in [0.2, 0.25) is 0 Å². The van der Waals surface area contributed by atoms with Crippen molar-refractivity contribution in [1.29, 1.82) is 0 Å². The fraction of sp³-hybridized carbons (Fsp3) is 0.632. The van der Waals surface area contributed by atoms with Gasteiger partial charge in [0.15, 0.2) is 0 Å². The van der Waals surface area contributed by atoms with Crippen LogP contribution < -0.4 is 20.5 Å². The van der Waals surface area contributed by atoms with Crippen LogP contribution in [0.4, 0.5) is 5.69 Å².